The summed E-state index contributed by atoms with van der Waals surface area (Å²) >= 11 is 0. The summed E-state index contributed by atoms with van der Waals surface area (Å²) in [5.74, 6) is 0. The van der Waals surface area contributed by atoms with E-state index in [1.807, 2.05) is 13.1 Å². The monoisotopic (exact) mass is 306 g/mol. The first-order valence-electron chi connectivity index (χ1n) is 5.50. The smallest absolute Gasteiger partial charge is 0.389 e. The molecule has 0 rings (SSSR count). The molecule has 104 valence electrons. The number of hydrogen-bond donors (Lipinski definition) is 1. The zero-order chi connectivity index (χ0) is 13.9. The van der Waals surface area contributed by atoms with Gasteiger partial charge in [-0.25, -0.2) is 0 Å². The molecule has 0 spiro atoms. The minimum absolute atomic E-state index is 0.154. The van der Waals surface area contributed by atoms with E-state index in [-0.39, 0.29) is 6.04 Å². The zero-order valence-corrected chi connectivity index (χ0v) is 14.0. The predicted molar refractivity (Wildman–Crippen MR) is 67.8 cm³/mol. The summed E-state index contributed by atoms with van der Waals surface area (Å²) in [6.07, 6.45) is -5.12. The molecule has 0 aliphatic rings. The van der Waals surface area contributed by atoms with Crippen molar-refractivity contribution in [2.75, 3.05) is 0 Å². The second-order valence-corrected chi connectivity index (χ2v) is 14.5. The molecule has 9 heteroatoms. The molecule has 0 fully saturated rings. The van der Waals surface area contributed by atoms with Gasteiger partial charge in [0.2, 0.25) is 0 Å². The third-order valence-corrected chi connectivity index (χ3v) is 10.6. The van der Waals surface area contributed by atoms with Gasteiger partial charge in [0.05, 0.1) is 0 Å². The first kappa shape index (κ1) is 17.3. The molecule has 0 saturated carbocycles. The molecular weight excluding hydrogens is 285 g/mol. The normalized spacial score (nSPS) is 17.3. The van der Waals surface area contributed by atoms with E-state index in [4.69, 9.17) is 8.23 Å². The van der Waals surface area contributed by atoms with E-state index in [0.29, 0.717) is 0 Å². The van der Waals surface area contributed by atoms with Crippen LogP contribution in [0.2, 0.25) is 38.8 Å². The maximum atomic E-state index is 12.2. The summed E-state index contributed by atoms with van der Waals surface area (Å²) in [6, 6.07) is -0.154. The van der Waals surface area contributed by atoms with Crippen LogP contribution in [0.15, 0.2) is 0 Å². The second-order valence-electron chi connectivity index (χ2n) is 4.96. The van der Waals surface area contributed by atoms with Crippen LogP contribution in [0, 0.1) is 0 Å². The van der Waals surface area contributed by atoms with E-state index in [1.165, 1.54) is 13.1 Å². The van der Waals surface area contributed by atoms with Crippen LogP contribution >= 0.6 is 0 Å². The number of alkyl halides is 3. The molecule has 1 atom stereocenters. The minimum Gasteiger partial charge on any atom is -0.439 e. The molecule has 0 amide bonds. The van der Waals surface area contributed by atoms with Gasteiger partial charge >= 0.3 is 23.3 Å². The van der Waals surface area contributed by atoms with Crippen molar-refractivity contribution in [1.29, 1.82) is 0 Å². The maximum Gasteiger partial charge on any atom is 0.389 e. The molecule has 0 aromatic carbocycles. The van der Waals surface area contributed by atoms with Gasteiger partial charge in [0.25, 0.3) is 0 Å². The van der Waals surface area contributed by atoms with Gasteiger partial charge in [0.1, 0.15) is 0 Å². The van der Waals surface area contributed by atoms with Gasteiger partial charge in [-0.05, 0) is 38.8 Å². The van der Waals surface area contributed by atoms with E-state index in [2.05, 4.69) is 0 Å². The van der Waals surface area contributed by atoms with Crippen LogP contribution in [0.25, 0.3) is 0 Å². The molecular formula is C8H21F3O3Si3. The van der Waals surface area contributed by atoms with Gasteiger partial charge in [-0.1, -0.05) is 0 Å². The molecule has 0 aliphatic carbocycles. The predicted octanol–water partition coefficient (Wildman–Crippen LogP) is 2.72. The third-order valence-electron chi connectivity index (χ3n) is 1.81. The van der Waals surface area contributed by atoms with Gasteiger partial charge in [0.15, 0.2) is 9.04 Å². The molecule has 0 radical (unpaired) electrons. The van der Waals surface area contributed by atoms with Crippen LogP contribution in [0.5, 0.6) is 0 Å². The van der Waals surface area contributed by atoms with Crippen LogP contribution in [0.3, 0.4) is 0 Å². The van der Waals surface area contributed by atoms with E-state index < -0.39 is 38.8 Å². The lowest BCUT2D eigenvalue weighted by Gasteiger charge is -2.34. The highest BCUT2D eigenvalue weighted by Crippen LogP contribution is 2.29. The second kappa shape index (κ2) is 5.98. The topological polar surface area (TPSA) is 38.7 Å². The lowest BCUT2D eigenvalue weighted by Crippen LogP contribution is -2.51. The molecule has 17 heavy (non-hydrogen) atoms. The van der Waals surface area contributed by atoms with Crippen molar-refractivity contribution in [3.8, 4) is 0 Å². The van der Waals surface area contributed by atoms with Crippen LogP contribution in [-0.4, -0.2) is 37.1 Å². The molecule has 0 aromatic heterocycles. The molecule has 0 aromatic rings. The molecule has 0 saturated heterocycles. The average molecular weight is 307 g/mol. The summed E-state index contributed by atoms with van der Waals surface area (Å²) in [4.78, 5) is 9.70. The summed E-state index contributed by atoms with van der Waals surface area (Å²) in [5.41, 5.74) is 0. The Bertz CT molecular complexity index is 242. The van der Waals surface area contributed by atoms with Crippen LogP contribution in [0.4, 0.5) is 13.2 Å². The van der Waals surface area contributed by atoms with E-state index >= 15 is 0 Å². The standard InChI is InChI=1S/C8H21F3O3Si3/c1-15(2)13-17(5,14-16(3,4)12)7-6-8(9,10)11/h12,15H,6-7H2,1-5H3. The fraction of sp³-hybridized carbons (Fsp3) is 1.00. The van der Waals surface area contributed by atoms with Crippen LogP contribution in [-0.2, 0) is 8.23 Å². The van der Waals surface area contributed by atoms with Crippen molar-refractivity contribution in [2.24, 2.45) is 0 Å². The summed E-state index contributed by atoms with van der Waals surface area (Å²) in [7, 11) is -7.26. The molecule has 3 nitrogen and oxygen atoms in total. The Labute approximate surface area is 104 Å². The largest absolute Gasteiger partial charge is 0.439 e. The van der Waals surface area contributed by atoms with Crippen molar-refractivity contribution in [1.82, 2.24) is 0 Å². The molecule has 0 bridgehead atoms. The first-order chi connectivity index (χ1) is 7.33. The Morgan fingerprint density at radius 1 is 1.18 bits per heavy atom. The quantitative estimate of drug-likeness (QED) is 0.767. The van der Waals surface area contributed by atoms with E-state index in [0.717, 1.165) is 0 Å². The molecule has 0 aliphatic heterocycles. The number of halogens is 3. The van der Waals surface area contributed by atoms with Crippen molar-refractivity contribution in [2.45, 2.75) is 51.4 Å². The van der Waals surface area contributed by atoms with E-state index in [1.54, 1.807) is 6.55 Å². The molecule has 1 unspecified atom stereocenters. The third kappa shape index (κ3) is 9.97. The van der Waals surface area contributed by atoms with Crippen molar-refractivity contribution in [3.05, 3.63) is 0 Å². The van der Waals surface area contributed by atoms with Gasteiger partial charge in [-0.15, -0.1) is 0 Å². The van der Waals surface area contributed by atoms with Gasteiger partial charge in [0, 0.05) is 6.42 Å². The summed E-state index contributed by atoms with van der Waals surface area (Å²) in [5, 5.41) is 0. The average Bonchev–Trinajstić information content (AvgIpc) is 1.94. The maximum absolute atomic E-state index is 12.2. The van der Waals surface area contributed by atoms with Crippen LogP contribution in [0.1, 0.15) is 6.42 Å². The van der Waals surface area contributed by atoms with Crippen LogP contribution < -0.4 is 0 Å². The van der Waals surface area contributed by atoms with E-state index in [9.17, 15) is 18.0 Å². The summed E-state index contributed by atoms with van der Waals surface area (Å²) in [6.45, 7) is 8.45. The summed E-state index contributed by atoms with van der Waals surface area (Å²) < 4.78 is 47.8. The highest BCUT2D eigenvalue weighted by Gasteiger charge is 2.42. The van der Waals surface area contributed by atoms with Gasteiger partial charge in [-0.3, -0.25) is 0 Å². The van der Waals surface area contributed by atoms with Crippen molar-refractivity contribution in [3.63, 3.8) is 0 Å². The minimum atomic E-state index is -4.21. The number of hydrogen-bond acceptors (Lipinski definition) is 3. The van der Waals surface area contributed by atoms with Gasteiger partial charge < -0.3 is 13.0 Å². The zero-order valence-electron chi connectivity index (χ0n) is 10.9. The lowest BCUT2D eigenvalue weighted by atomic mass is 10.5. The molecule has 0 heterocycles. The fourth-order valence-electron chi connectivity index (χ4n) is 1.53. The first-order valence-corrected chi connectivity index (χ1v) is 13.7. The lowest BCUT2D eigenvalue weighted by molar-refractivity contribution is -0.131. The fourth-order valence-corrected chi connectivity index (χ4v) is 12.0. The van der Waals surface area contributed by atoms with Crippen molar-refractivity contribution >= 4 is 26.2 Å². The Morgan fingerprint density at radius 2 is 1.65 bits per heavy atom. The molecule has 1 N–H and O–H groups in total. The number of rotatable bonds is 6. The Balaban J connectivity index is 4.61. The Morgan fingerprint density at radius 3 is 1.94 bits per heavy atom. The Kier molecular flexibility index (Phi) is 6.09. The SMILES string of the molecule is C[SiH](C)O[Si](C)(CCC(F)(F)F)O[Si](C)(C)O. The van der Waals surface area contributed by atoms with Crippen molar-refractivity contribution < 1.29 is 26.2 Å². The highest BCUT2D eigenvalue weighted by atomic mass is 28.5. The highest BCUT2D eigenvalue weighted by molar-refractivity contribution is 6.82. The Hall–Kier alpha value is 0.321. The van der Waals surface area contributed by atoms with Gasteiger partial charge in [-0.2, -0.15) is 13.2 Å².